The van der Waals surface area contributed by atoms with Crippen molar-refractivity contribution in [1.82, 2.24) is 15.0 Å². The van der Waals surface area contributed by atoms with Crippen molar-refractivity contribution in [2.75, 3.05) is 0 Å². The van der Waals surface area contributed by atoms with Crippen LogP contribution in [0.5, 0.6) is 0 Å². The molecule has 4 heteroatoms. The second-order valence-electron chi connectivity index (χ2n) is 4.07. The molecule has 2 rings (SSSR count). The summed E-state index contributed by atoms with van der Waals surface area (Å²) in [5, 5.41) is 8.16. The van der Waals surface area contributed by atoms with Gasteiger partial charge in [0.1, 0.15) is 0 Å². The van der Waals surface area contributed by atoms with Crippen LogP contribution in [0.4, 0.5) is 0 Å². The van der Waals surface area contributed by atoms with Crippen molar-refractivity contribution >= 4 is 0 Å². The summed E-state index contributed by atoms with van der Waals surface area (Å²) in [6, 6.07) is 10.3. The maximum absolute atomic E-state index is 5.71. The molecule has 4 nitrogen and oxygen atoms in total. The fraction of sp³-hybridized carbons (Fsp3) is 0.333. The van der Waals surface area contributed by atoms with Crippen LogP contribution in [0.1, 0.15) is 18.2 Å². The molecule has 2 N–H and O–H groups in total. The Labute approximate surface area is 95.1 Å². The molecule has 0 bridgehead atoms. The lowest BCUT2D eigenvalue weighted by Gasteiger charge is -2.00. The average molecular weight is 216 g/mol. The highest BCUT2D eigenvalue weighted by Gasteiger charge is 2.03. The zero-order valence-electron chi connectivity index (χ0n) is 9.37. The molecule has 0 saturated carbocycles. The zero-order valence-corrected chi connectivity index (χ0v) is 9.37. The van der Waals surface area contributed by atoms with Crippen LogP contribution >= 0.6 is 0 Å². The van der Waals surface area contributed by atoms with E-state index in [1.54, 1.807) is 0 Å². The van der Waals surface area contributed by atoms with Crippen LogP contribution in [0.2, 0.25) is 0 Å². The van der Waals surface area contributed by atoms with Gasteiger partial charge in [0.15, 0.2) is 0 Å². The van der Waals surface area contributed by atoms with Crippen molar-refractivity contribution in [2.24, 2.45) is 5.73 Å². The molecule has 0 unspecified atom stereocenters. The Morgan fingerprint density at radius 1 is 1.31 bits per heavy atom. The van der Waals surface area contributed by atoms with Crippen molar-refractivity contribution in [3.8, 4) is 0 Å². The van der Waals surface area contributed by atoms with E-state index in [9.17, 15) is 0 Å². The molecular formula is C12H16N4. The average Bonchev–Trinajstić information content (AvgIpc) is 2.66. The van der Waals surface area contributed by atoms with Gasteiger partial charge in [0.2, 0.25) is 0 Å². The van der Waals surface area contributed by atoms with Crippen LogP contribution in [0.3, 0.4) is 0 Å². The van der Waals surface area contributed by atoms with Crippen LogP contribution in [0.15, 0.2) is 36.5 Å². The summed E-state index contributed by atoms with van der Waals surface area (Å²) in [6.07, 6.45) is 2.73. The van der Waals surface area contributed by atoms with E-state index in [4.69, 9.17) is 5.73 Å². The highest BCUT2D eigenvalue weighted by molar-refractivity contribution is 5.14. The van der Waals surface area contributed by atoms with E-state index >= 15 is 0 Å². The highest BCUT2D eigenvalue weighted by Crippen LogP contribution is 2.03. The Bertz CT molecular complexity index is 433. The molecule has 0 aliphatic rings. The fourth-order valence-electron chi connectivity index (χ4n) is 1.61. The van der Waals surface area contributed by atoms with Gasteiger partial charge in [0.05, 0.1) is 12.2 Å². The minimum absolute atomic E-state index is 0.127. The fourth-order valence-corrected chi connectivity index (χ4v) is 1.61. The summed E-state index contributed by atoms with van der Waals surface area (Å²) in [6.45, 7) is 2.73. The number of benzene rings is 1. The monoisotopic (exact) mass is 216 g/mol. The number of nitrogens with zero attached hydrogens (tertiary/aromatic N) is 3. The zero-order chi connectivity index (χ0) is 11.4. The SMILES string of the molecule is C[C@H](N)Cc1cn(Cc2ccccc2)nn1. The molecule has 1 heterocycles. The standard InChI is InChI=1S/C12H16N4/c1-10(13)7-12-9-16(15-14-12)8-11-5-3-2-4-6-11/h2-6,9-10H,7-8,13H2,1H3/t10-/m0/s1. The lowest BCUT2D eigenvalue weighted by atomic mass is 10.2. The minimum atomic E-state index is 0.127. The van der Waals surface area contributed by atoms with Crippen molar-refractivity contribution < 1.29 is 0 Å². The van der Waals surface area contributed by atoms with E-state index in [-0.39, 0.29) is 6.04 Å². The van der Waals surface area contributed by atoms with Gasteiger partial charge in [-0.2, -0.15) is 0 Å². The van der Waals surface area contributed by atoms with E-state index < -0.39 is 0 Å². The summed E-state index contributed by atoms with van der Waals surface area (Å²) in [4.78, 5) is 0. The maximum atomic E-state index is 5.71. The predicted molar refractivity (Wildman–Crippen MR) is 62.9 cm³/mol. The summed E-state index contributed by atoms with van der Waals surface area (Å²) in [5.41, 5.74) is 7.88. The molecule has 0 spiro atoms. The minimum Gasteiger partial charge on any atom is -0.328 e. The van der Waals surface area contributed by atoms with Crippen molar-refractivity contribution in [3.05, 3.63) is 47.8 Å². The molecule has 0 fully saturated rings. The number of rotatable bonds is 4. The van der Waals surface area contributed by atoms with E-state index in [1.165, 1.54) is 5.56 Å². The van der Waals surface area contributed by atoms with Gasteiger partial charge in [-0.05, 0) is 12.5 Å². The molecule has 2 aromatic rings. The van der Waals surface area contributed by atoms with Gasteiger partial charge in [-0.15, -0.1) is 5.10 Å². The number of aromatic nitrogens is 3. The molecule has 0 aliphatic heterocycles. The highest BCUT2D eigenvalue weighted by atomic mass is 15.4. The molecule has 0 radical (unpaired) electrons. The molecule has 1 atom stereocenters. The molecule has 16 heavy (non-hydrogen) atoms. The lowest BCUT2D eigenvalue weighted by Crippen LogP contribution is -2.17. The van der Waals surface area contributed by atoms with E-state index in [0.717, 1.165) is 18.7 Å². The topological polar surface area (TPSA) is 56.7 Å². The summed E-state index contributed by atoms with van der Waals surface area (Å²) >= 11 is 0. The van der Waals surface area contributed by atoms with Crippen LogP contribution in [-0.2, 0) is 13.0 Å². The number of hydrogen-bond acceptors (Lipinski definition) is 3. The van der Waals surface area contributed by atoms with Crippen molar-refractivity contribution in [2.45, 2.75) is 25.9 Å². The molecule has 84 valence electrons. The van der Waals surface area contributed by atoms with Crippen molar-refractivity contribution in [3.63, 3.8) is 0 Å². The van der Waals surface area contributed by atoms with Gasteiger partial charge in [0, 0.05) is 18.7 Å². The van der Waals surface area contributed by atoms with E-state index in [0.29, 0.717) is 0 Å². The Hall–Kier alpha value is -1.68. The van der Waals surface area contributed by atoms with E-state index in [1.807, 2.05) is 36.0 Å². The molecule has 1 aromatic carbocycles. The first-order chi connectivity index (χ1) is 7.74. The largest absolute Gasteiger partial charge is 0.328 e. The van der Waals surface area contributed by atoms with Gasteiger partial charge in [-0.3, -0.25) is 0 Å². The smallest absolute Gasteiger partial charge is 0.0842 e. The third kappa shape index (κ3) is 2.90. The van der Waals surface area contributed by atoms with Gasteiger partial charge in [-0.25, -0.2) is 4.68 Å². The Kier molecular flexibility index (Phi) is 3.31. The lowest BCUT2D eigenvalue weighted by molar-refractivity contribution is 0.648. The molecular weight excluding hydrogens is 200 g/mol. The number of nitrogens with two attached hydrogens (primary N) is 1. The quantitative estimate of drug-likeness (QED) is 0.836. The Morgan fingerprint density at radius 2 is 2.06 bits per heavy atom. The van der Waals surface area contributed by atoms with Gasteiger partial charge in [0.25, 0.3) is 0 Å². The van der Waals surface area contributed by atoms with E-state index in [2.05, 4.69) is 22.4 Å². The Balaban J connectivity index is 2.03. The van der Waals surface area contributed by atoms with Gasteiger partial charge < -0.3 is 5.73 Å². The normalized spacial score (nSPS) is 12.6. The Morgan fingerprint density at radius 3 is 2.75 bits per heavy atom. The van der Waals surface area contributed by atoms with Crippen molar-refractivity contribution in [1.29, 1.82) is 0 Å². The third-order valence-corrected chi connectivity index (χ3v) is 2.30. The second kappa shape index (κ2) is 4.90. The summed E-state index contributed by atoms with van der Waals surface area (Å²) in [5.74, 6) is 0. The summed E-state index contributed by atoms with van der Waals surface area (Å²) in [7, 11) is 0. The first-order valence-electron chi connectivity index (χ1n) is 5.42. The van der Waals surface area contributed by atoms with Crippen LogP contribution in [0.25, 0.3) is 0 Å². The van der Waals surface area contributed by atoms with Gasteiger partial charge >= 0.3 is 0 Å². The molecule has 1 aromatic heterocycles. The first-order valence-corrected chi connectivity index (χ1v) is 5.42. The van der Waals surface area contributed by atoms with Crippen LogP contribution < -0.4 is 5.73 Å². The molecule has 0 amide bonds. The van der Waals surface area contributed by atoms with Crippen LogP contribution in [0, 0.1) is 0 Å². The first kappa shape index (κ1) is 10.8. The van der Waals surface area contributed by atoms with Crippen LogP contribution in [-0.4, -0.2) is 21.0 Å². The summed E-state index contributed by atoms with van der Waals surface area (Å²) < 4.78 is 1.84. The van der Waals surface area contributed by atoms with Gasteiger partial charge in [-0.1, -0.05) is 35.5 Å². The maximum Gasteiger partial charge on any atom is 0.0842 e. The predicted octanol–water partition coefficient (Wildman–Crippen LogP) is 1.22. The molecule has 0 saturated heterocycles. The second-order valence-corrected chi connectivity index (χ2v) is 4.07. The number of hydrogen-bond donors (Lipinski definition) is 1. The third-order valence-electron chi connectivity index (χ3n) is 2.30. The molecule has 0 aliphatic carbocycles.